The van der Waals surface area contributed by atoms with Crippen molar-refractivity contribution in [2.45, 2.75) is 12.5 Å². The van der Waals surface area contributed by atoms with Crippen LogP contribution in [0.15, 0.2) is 24.3 Å². The van der Waals surface area contributed by atoms with E-state index in [4.69, 9.17) is 17.3 Å². The summed E-state index contributed by atoms with van der Waals surface area (Å²) < 4.78 is 0. The number of nitrogens with one attached hydrogen (secondary N) is 1. The molecule has 0 aliphatic carbocycles. The summed E-state index contributed by atoms with van der Waals surface area (Å²) in [4.78, 5) is 13.5. The Kier molecular flexibility index (Phi) is 3.31. The second-order valence-corrected chi connectivity index (χ2v) is 4.37. The van der Waals surface area contributed by atoms with Gasteiger partial charge in [-0.25, -0.2) is 4.79 Å². The van der Waals surface area contributed by atoms with Gasteiger partial charge in [-0.05, 0) is 30.7 Å². The van der Waals surface area contributed by atoms with Crippen LogP contribution in [0.3, 0.4) is 0 Å². The van der Waals surface area contributed by atoms with Crippen LogP contribution in [0.4, 0.5) is 10.5 Å². The molecule has 1 atom stereocenters. The van der Waals surface area contributed by atoms with Gasteiger partial charge in [0.15, 0.2) is 0 Å². The van der Waals surface area contributed by atoms with Crippen LogP contribution in [0, 0.1) is 0 Å². The fourth-order valence-electron chi connectivity index (χ4n) is 1.71. The summed E-state index contributed by atoms with van der Waals surface area (Å²) >= 11 is 5.75. The third kappa shape index (κ3) is 2.65. The molecule has 5 heteroatoms. The predicted molar refractivity (Wildman–Crippen MR) is 64.6 cm³/mol. The van der Waals surface area contributed by atoms with E-state index in [9.17, 15) is 4.79 Å². The molecule has 4 nitrogen and oxygen atoms in total. The zero-order chi connectivity index (χ0) is 11.5. The first-order valence-electron chi connectivity index (χ1n) is 5.22. The smallest absolute Gasteiger partial charge is 0.321 e. The number of hydrogen-bond acceptors (Lipinski definition) is 2. The van der Waals surface area contributed by atoms with Crippen LogP contribution >= 0.6 is 11.6 Å². The monoisotopic (exact) mass is 239 g/mol. The Morgan fingerprint density at radius 2 is 2.12 bits per heavy atom. The number of hydrogen-bond donors (Lipinski definition) is 2. The molecule has 0 saturated carbocycles. The van der Waals surface area contributed by atoms with Gasteiger partial charge in [-0.1, -0.05) is 11.6 Å². The van der Waals surface area contributed by atoms with E-state index in [1.807, 2.05) is 0 Å². The highest BCUT2D eigenvalue weighted by Crippen LogP contribution is 2.15. The second-order valence-electron chi connectivity index (χ2n) is 3.93. The van der Waals surface area contributed by atoms with Gasteiger partial charge >= 0.3 is 6.03 Å². The molecule has 2 rings (SSSR count). The van der Waals surface area contributed by atoms with E-state index in [0.717, 1.165) is 18.7 Å². The molecule has 2 amide bonds. The number of carbonyl (C=O) groups is 1. The summed E-state index contributed by atoms with van der Waals surface area (Å²) in [5.41, 5.74) is 6.48. The normalized spacial score (nSPS) is 19.9. The molecular formula is C11H14ClN3O. The molecule has 0 unspecified atom stereocenters. The molecule has 3 N–H and O–H groups in total. The minimum Gasteiger partial charge on any atom is -0.326 e. The highest BCUT2D eigenvalue weighted by molar-refractivity contribution is 6.30. The number of nitrogens with two attached hydrogens (primary N) is 1. The van der Waals surface area contributed by atoms with Crippen LogP contribution < -0.4 is 11.1 Å². The van der Waals surface area contributed by atoms with Gasteiger partial charge in [0.1, 0.15) is 0 Å². The number of urea groups is 1. The van der Waals surface area contributed by atoms with Gasteiger partial charge in [0.05, 0.1) is 0 Å². The molecule has 1 aromatic rings. The number of nitrogens with zero attached hydrogens (tertiary/aromatic N) is 1. The molecule has 86 valence electrons. The Morgan fingerprint density at radius 3 is 2.69 bits per heavy atom. The van der Waals surface area contributed by atoms with Gasteiger partial charge in [-0.2, -0.15) is 0 Å². The molecule has 0 bridgehead atoms. The van der Waals surface area contributed by atoms with Crippen molar-refractivity contribution in [2.24, 2.45) is 5.73 Å². The van der Waals surface area contributed by atoms with E-state index < -0.39 is 0 Å². The van der Waals surface area contributed by atoms with Gasteiger partial charge < -0.3 is 16.0 Å². The first-order valence-corrected chi connectivity index (χ1v) is 5.60. The molecule has 1 aliphatic heterocycles. The topological polar surface area (TPSA) is 58.4 Å². The largest absolute Gasteiger partial charge is 0.326 e. The fourth-order valence-corrected chi connectivity index (χ4v) is 1.83. The van der Waals surface area contributed by atoms with Crippen molar-refractivity contribution in [2.75, 3.05) is 18.4 Å². The molecule has 0 spiro atoms. The average molecular weight is 240 g/mol. The molecule has 1 aromatic carbocycles. The zero-order valence-electron chi connectivity index (χ0n) is 8.82. The minimum atomic E-state index is -0.102. The third-order valence-electron chi connectivity index (χ3n) is 2.61. The van der Waals surface area contributed by atoms with Gasteiger partial charge in [0, 0.05) is 29.8 Å². The molecule has 0 aromatic heterocycles. The Labute approximate surface area is 99.4 Å². The van der Waals surface area contributed by atoms with Crippen molar-refractivity contribution >= 4 is 23.3 Å². The van der Waals surface area contributed by atoms with E-state index >= 15 is 0 Å². The Balaban J connectivity index is 1.94. The predicted octanol–water partition coefficient (Wildman–Crippen LogP) is 1.90. The maximum Gasteiger partial charge on any atom is 0.321 e. The van der Waals surface area contributed by atoms with Crippen LogP contribution in [-0.2, 0) is 0 Å². The van der Waals surface area contributed by atoms with Crippen LogP contribution in [0.1, 0.15) is 6.42 Å². The van der Waals surface area contributed by atoms with Crippen LogP contribution in [-0.4, -0.2) is 30.1 Å². The lowest BCUT2D eigenvalue weighted by Gasteiger charge is -2.16. The standard InChI is InChI=1S/C11H14ClN3O/c12-8-1-3-10(4-2-8)14-11(16)15-6-5-9(13)7-15/h1-4,9H,5-7,13H2,(H,14,16)/t9-/m0/s1. The lowest BCUT2D eigenvalue weighted by molar-refractivity contribution is 0.222. The van der Waals surface area contributed by atoms with Crippen molar-refractivity contribution in [1.29, 1.82) is 0 Å². The number of benzene rings is 1. The molecule has 1 aliphatic rings. The maximum absolute atomic E-state index is 11.8. The quantitative estimate of drug-likeness (QED) is 0.787. The van der Waals surface area contributed by atoms with Crippen molar-refractivity contribution in [3.05, 3.63) is 29.3 Å². The molecule has 1 saturated heterocycles. The van der Waals surface area contributed by atoms with Gasteiger partial charge in [-0.15, -0.1) is 0 Å². The van der Waals surface area contributed by atoms with Crippen LogP contribution in [0.5, 0.6) is 0 Å². The first-order chi connectivity index (χ1) is 7.65. The molecule has 16 heavy (non-hydrogen) atoms. The first kappa shape index (κ1) is 11.2. The molecule has 0 radical (unpaired) electrons. The Morgan fingerprint density at radius 1 is 1.44 bits per heavy atom. The number of carbonyl (C=O) groups excluding carboxylic acids is 1. The maximum atomic E-state index is 11.8. The SMILES string of the molecule is N[C@H]1CCN(C(=O)Nc2ccc(Cl)cc2)C1. The van der Waals surface area contributed by atoms with Crippen LogP contribution in [0.25, 0.3) is 0 Å². The van der Waals surface area contributed by atoms with E-state index in [2.05, 4.69) is 5.32 Å². The van der Waals surface area contributed by atoms with E-state index in [1.54, 1.807) is 29.2 Å². The minimum absolute atomic E-state index is 0.102. The zero-order valence-corrected chi connectivity index (χ0v) is 9.57. The summed E-state index contributed by atoms with van der Waals surface area (Å²) in [6, 6.07) is 7.04. The van der Waals surface area contributed by atoms with Crippen LogP contribution in [0.2, 0.25) is 5.02 Å². The highest BCUT2D eigenvalue weighted by Gasteiger charge is 2.23. The summed E-state index contributed by atoms with van der Waals surface area (Å²) in [6.45, 7) is 1.35. The number of likely N-dealkylation sites (tertiary alicyclic amines) is 1. The van der Waals surface area contributed by atoms with Gasteiger partial charge in [-0.3, -0.25) is 0 Å². The summed E-state index contributed by atoms with van der Waals surface area (Å²) in [5, 5.41) is 3.46. The summed E-state index contributed by atoms with van der Waals surface area (Å²) in [5.74, 6) is 0. The average Bonchev–Trinajstić information content (AvgIpc) is 2.68. The molecule has 1 heterocycles. The third-order valence-corrected chi connectivity index (χ3v) is 2.86. The summed E-state index contributed by atoms with van der Waals surface area (Å²) in [7, 11) is 0. The van der Waals surface area contributed by atoms with E-state index in [0.29, 0.717) is 11.6 Å². The van der Waals surface area contributed by atoms with E-state index in [1.165, 1.54) is 0 Å². The van der Waals surface area contributed by atoms with Crippen molar-refractivity contribution in [1.82, 2.24) is 4.90 Å². The van der Waals surface area contributed by atoms with Crippen molar-refractivity contribution < 1.29 is 4.79 Å². The number of amides is 2. The Hall–Kier alpha value is -1.26. The number of rotatable bonds is 1. The number of anilines is 1. The molecule has 1 fully saturated rings. The highest BCUT2D eigenvalue weighted by atomic mass is 35.5. The van der Waals surface area contributed by atoms with Gasteiger partial charge in [0.25, 0.3) is 0 Å². The Bertz CT molecular complexity index is 379. The second kappa shape index (κ2) is 4.72. The summed E-state index contributed by atoms with van der Waals surface area (Å²) in [6.07, 6.45) is 0.869. The van der Waals surface area contributed by atoms with E-state index in [-0.39, 0.29) is 12.1 Å². The lowest BCUT2D eigenvalue weighted by atomic mass is 10.3. The van der Waals surface area contributed by atoms with Crippen molar-refractivity contribution in [3.8, 4) is 0 Å². The molecular weight excluding hydrogens is 226 g/mol. The van der Waals surface area contributed by atoms with Crippen molar-refractivity contribution in [3.63, 3.8) is 0 Å². The van der Waals surface area contributed by atoms with Gasteiger partial charge in [0.2, 0.25) is 0 Å². The fraction of sp³-hybridized carbons (Fsp3) is 0.364. The lowest BCUT2D eigenvalue weighted by Crippen LogP contribution is -2.35. The number of halogens is 1.